The summed E-state index contributed by atoms with van der Waals surface area (Å²) in [4.78, 5) is 10.0. The molecule has 0 aliphatic carbocycles. The highest BCUT2D eigenvalue weighted by Crippen LogP contribution is 2.31. The minimum atomic E-state index is -5.30. The normalized spacial score (nSPS) is 16.2. The van der Waals surface area contributed by atoms with Crippen molar-refractivity contribution >= 4 is 16.0 Å². The second-order valence-corrected chi connectivity index (χ2v) is 5.15. The van der Waals surface area contributed by atoms with Crippen molar-refractivity contribution in [2.24, 2.45) is 0 Å². The number of halogens is 3. The first-order chi connectivity index (χ1) is 8.01. The van der Waals surface area contributed by atoms with E-state index < -0.39 is 32.6 Å². The molecule has 1 unspecified atom stereocenters. The van der Waals surface area contributed by atoms with E-state index in [1.807, 2.05) is 0 Å². The number of aliphatic carboxylic acids is 1. The van der Waals surface area contributed by atoms with Crippen LogP contribution >= 0.6 is 0 Å². The van der Waals surface area contributed by atoms with Crippen LogP contribution in [0, 0.1) is 0 Å². The van der Waals surface area contributed by atoms with E-state index in [2.05, 4.69) is 10.2 Å². The van der Waals surface area contributed by atoms with E-state index in [0.717, 1.165) is 17.1 Å². The van der Waals surface area contributed by atoms with Gasteiger partial charge in [0.25, 0.3) is 0 Å². The minimum absolute atomic E-state index is 0.215. The maximum Gasteiger partial charge on any atom is 0.418 e. The minimum Gasteiger partial charge on any atom is -0.480 e. The average Bonchev–Trinajstić information content (AvgIpc) is 2.67. The Balaban J connectivity index is 3.19. The fourth-order valence-corrected chi connectivity index (χ4v) is 2.19. The Bertz CT molecular complexity index is 539. The third-order valence-electron chi connectivity index (χ3n) is 2.12. The van der Waals surface area contributed by atoms with E-state index in [0.29, 0.717) is 0 Å². The van der Waals surface area contributed by atoms with Crippen molar-refractivity contribution in [1.29, 1.82) is 0 Å². The highest BCUT2D eigenvalue weighted by molar-refractivity contribution is 7.89. The first-order valence-corrected chi connectivity index (χ1v) is 5.82. The van der Waals surface area contributed by atoms with E-state index in [4.69, 9.17) is 5.11 Å². The van der Waals surface area contributed by atoms with Gasteiger partial charge in [-0.1, -0.05) is 0 Å². The van der Waals surface area contributed by atoms with E-state index in [1.165, 1.54) is 0 Å². The number of nitrogens with one attached hydrogen (secondary N) is 2. The monoisotopic (exact) mass is 287 g/mol. The van der Waals surface area contributed by atoms with Gasteiger partial charge in [0.15, 0.2) is 0 Å². The number of carboxylic acid groups (broad SMARTS) is 1. The number of alkyl halides is 3. The number of hydrogen-bond acceptors (Lipinski definition) is 4. The average molecular weight is 287 g/mol. The first-order valence-electron chi connectivity index (χ1n) is 4.33. The number of carboxylic acids is 1. The number of nitrogens with zero attached hydrogens (tertiary/aromatic N) is 1. The van der Waals surface area contributed by atoms with Gasteiger partial charge in [-0.25, -0.2) is 13.2 Å². The fraction of sp³-hybridized carbons (Fsp3) is 0.429. The molecule has 1 rings (SSSR count). The summed E-state index contributed by atoms with van der Waals surface area (Å²) in [5, 5.41) is 13.9. The Morgan fingerprint density at radius 2 is 2.06 bits per heavy atom. The van der Waals surface area contributed by atoms with Gasteiger partial charge in [0, 0.05) is 6.20 Å². The van der Waals surface area contributed by atoms with Crippen LogP contribution in [-0.2, 0) is 14.8 Å². The third kappa shape index (κ3) is 2.46. The van der Waals surface area contributed by atoms with Crippen molar-refractivity contribution < 1.29 is 31.5 Å². The van der Waals surface area contributed by atoms with Crippen molar-refractivity contribution in [3.63, 3.8) is 0 Å². The summed E-state index contributed by atoms with van der Waals surface area (Å²) in [5.41, 5.74) is -3.62. The number of hydrogen-bond donors (Lipinski definition) is 3. The molecular weight excluding hydrogens is 279 g/mol. The Labute approximate surface area is 99.1 Å². The van der Waals surface area contributed by atoms with Crippen LogP contribution in [-0.4, -0.2) is 41.4 Å². The molecule has 7 nitrogen and oxygen atoms in total. The highest BCUT2D eigenvalue weighted by Gasteiger charge is 2.59. The van der Waals surface area contributed by atoms with Crippen LogP contribution in [0.4, 0.5) is 13.2 Å². The molecule has 0 aliphatic rings. The predicted molar refractivity (Wildman–Crippen MR) is 51.0 cm³/mol. The largest absolute Gasteiger partial charge is 0.480 e. The molecule has 0 bridgehead atoms. The van der Waals surface area contributed by atoms with Gasteiger partial charge in [-0.15, -0.1) is 0 Å². The van der Waals surface area contributed by atoms with Crippen LogP contribution in [0.1, 0.15) is 6.92 Å². The molecule has 0 saturated heterocycles. The smallest absolute Gasteiger partial charge is 0.418 e. The van der Waals surface area contributed by atoms with Crippen molar-refractivity contribution in [2.45, 2.75) is 23.5 Å². The van der Waals surface area contributed by atoms with Gasteiger partial charge in [-0.05, 0) is 6.92 Å². The molecule has 1 aromatic heterocycles. The van der Waals surface area contributed by atoms with Crippen LogP contribution in [0.2, 0.25) is 0 Å². The zero-order chi connectivity index (χ0) is 14.2. The molecule has 102 valence electrons. The quantitative estimate of drug-likeness (QED) is 0.726. The number of rotatable bonds is 4. The van der Waals surface area contributed by atoms with E-state index in [1.54, 1.807) is 0 Å². The lowest BCUT2D eigenvalue weighted by Gasteiger charge is -2.27. The molecule has 1 aromatic rings. The van der Waals surface area contributed by atoms with Gasteiger partial charge in [0.1, 0.15) is 4.90 Å². The number of aromatic amines is 1. The standard InChI is InChI=1S/C7H8F3N3O4S/c1-6(5(14)15,7(8,9)10)13-18(16,17)4-2-11-12-3-4/h2-3,13H,1H3,(H,11,12)(H,14,15). The third-order valence-corrected chi connectivity index (χ3v) is 3.64. The van der Waals surface area contributed by atoms with E-state index in [-0.39, 0.29) is 6.92 Å². The Hall–Kier alpha value is -1.62. The second kappa shape index (κ2) is 4.24. The molecule has 18 heavy (non-hydrogen) atoms. The molecule has 0 aromatic carbocycles. The topological polar surface area (TPSA) is 112 Å². The fourth-order valence-electron chi connectivity index (χ4n) is 0.936. The molecule has 11 heteroatoms. The number of sulfonamides is 1. The summed E-state index contributed by atoms with van der Waals surface area (Å²) in [7, 11) is -4.65. The zero-order valence-electron chi connectivity index (χ0n) is 8.82. The first kappa shape index (κ1) is 14.4. The molecule has 3 N–H and O–H groups in total. The van der Waals surface area contributed by atoms with E-state index in [9.17, 15) is 26.4 Å². The highest BCUT2D eigenvalue weighted by atomic mass is 32.2. The molecule has 1 heterocycles. The SMILES string of the molecule is CC(NS(=O)(=O)c1cn[nH]c1)(C(=O)O)C(F)(F)F. The molecule has 0 radical (unpaired) electrons. The predicted octanol–water partition coefficient (Wildman–Crippen LogP) is 0.0936. The number of H-pyrrole nitrogens is 1. The second-order valence-electron chi connectivity index (χ2n) is 3.47. The summed E-state index contributed by atoms with van der Waals surface area (Å²) < 4.78 is 61.9. The van der Waals surface area contributed by atoms with Gasteiger partial charge in [-0.3, -0.25) is 5.10 Å². The molecular formula is C7H8F3N3O4S. The van der Waals surface area contributed by atoms with Gasteiger partial charge in [-0.2, -0.15) is 23.0 Å². The van der Waals surface area contributed by atoms with Crippen molar-refractivity contribution in [3.8, 4) is 0 Å². The van der Waals surface area contributed by atoms with Crippen LogP contribution in [0.25, 0.3) is 0 Å². The van der Waals surface area contributed by atoms with Crippen LogP contribution in [0.15, 0.2) is 17.3 Å². The summed E-state index contributed by atoms with van der Waals surface area (Å²) in [5.74, 6) is -2.36. The lowest BCUT2D eigenvalue weighted by molar-refractivity contribution is -0.201. The Morgan fingerprint density at radius 3 is 2.39 bits per heavy atom. The molecule has 0 fully saturated rings. The summed E-state index contributed by atoms with van der Waals surface area (Å²) in [6, 6.07) is 0. The molecule has 0 aliphatic heterocycles. The zero-order valence-corrected chi connectivity index (χ0v) is 9.63. The summed E-state index contributed by atoms with van der Waals surface area (Å²) >= 11 is 0. The van der Waals surface area contributed by atoms with Crippen molar-refractivity contribution in [1.82, 2.24) is 14.9 Å². The number of aromatic nitrogens is 2. The van der Waals surface area contributed by atoms with Gasteiger partial charge < -0.3 is 5.11 Å². The van der Waals surface area contributed by atoms with E-state index >= 15 is 0 Å². The summed E-state index contributed by atoms with van der Waals surface area (Å²) in [6.45, 7) is 0.215. The number of carbonyl (C=O) groups is 1. The van der Waals surface area contributed by atoms with Gasteiger partial charge >= 0.3 is 12.1 Å². The maximum atomic E-state index is 12.6. The summed E-state index contributed by atoms with van der Waals surface area (Å²) in [6.07, 6.45) is -3.72. The van der Waals surface area contributed by atoms with Crippen molar-refractivity contribution in [3.05, 3.63) is 12.4 Å². The van der Waals surface area contributed by atoms with Crippen molar-refractivity contribution in [2.75, 3.05) is 0 Å². The van der Waals surface area contributed by atoms with Gasteiger partial charge in [0.05, 0.1) is 6.20 Å². The molecule has 0 amide bonds. The molecule has 0 saturated carbocycles. The maximum absolute atomic E-state index is 12.6. The van der Waals surface area contributed by atoms with Crippen LogP contribution < -0.4 is 4.72 Å². The van der Waals surface area contributed by atoms with Crippen LogP contribution in [0.3, 0.4) is 0 Å². The lowest BCUT2D eigenvalue weighted by Crippen LogP contribution is -2.61. The molecule has 0 spiro atoms. The molecule has 1 atom stereocenters. The lowest BCUT2D eigenvalue weighted by atomic mass is 10.0. The Kier molecular flexibility index (Phi) is 3.40. The van der Waals surface area contributed by atoms with Crippen LogP contribution in [0.5, 0.6) is 0 Å². The Morgan fingerprint density at radius 1 is 1.50 bits per heavy atom. The van der Waals surface area contributed by atoms with Gasteiger partial charge in [0.2, 0.25) is 15.6 Å².